The van der Waals surface area contributed by atoms with Gasteiger partial charge in [0, 0.05) is 35.1 Å². The maximum Gasteiger partial charge on any atom is 0.308 e. The predicted molar refractivity (Wildman–Crippen MR) is 134 cm³/mol. The molecule has 0 radical (unpaired) electrons. The standard InChI is InChI=1S/C26H22BrN3O5/c1-15-6-4-7-18(12-15)24(33)28-21-9-5-8-19(13-21)26-30(16(2)31)29-25(35-26)22-14-20(27)10-11-23(22)34-17(3)32/h4-14,26H,1-3H3,(H,28,33)/t26-/m1/s1. The summed E-state index contributed by atoms with van der Waals surface area (Å²) in [7, 11) is 0. The Balaban J connectivity index is 1.62. The van der Waals surface area contributed by atoms with Crippen LogP contribution in [0.3, 0.4) is 0 Å². The number of aryl methyl sites for hydroxylation is 1. The van der Waals surface area contributed by atoms with Gasteiger partial charge in [-0.2, -0.15) is 5.01 Å². The molecule has 0 spiro atoms. The summed E-state index contributed by atoms with van der Waals surface area (Å²) in [4.78, 5) is 36.6. The van der Waals surface area contributed by atoms with Crippen LogP contribution in [0, 0.1) is 6.92 Å². The van der Waals surface area contributed by atoms with Gasteiger partial charge in [-0.25, -0.2) is 0 Å². The van der Waals surface area contributed by atoms with Crippen LogP contribution >= 0.6 is 15.9 Å². The van der Waals surface area contributed by atoms with Gasteiger partial charge in [0.1, 0.15) is 5.75 Å². The first-order valence-electron chi connectivity index (χ1n) is 10.7. The molecular formula is C26H22BrN3O5. The first-order chi connectivity index (χ1) is 16.7. The summed E-state index contributed by atoms with van der Waals surface area (Å²) >= 11 is 3.40. The minimum absolute atomic E-state index is 0.122. The normalized spacial score (nSPS) is 14.7. The summed E-state index contributed by atoms with van der Waals surface area (Å²) in [6, 6.07) is 19.3. The SMILES string of the molecule is CC(=O)Oc1ccc(Br)cc1C1=NN(C(C)=O)[C@@H](c2cccc(NC(=O)c3cccc(C)c3)c2)O1. The lowest BCUT2D eigenvalue weighted by Crippen LogP contribution is -2.25. The third kappa shape index (κ3) is 5.58. The fraction of sp³-hybridized carbons (Fsp3) is 0.154. The average molecular weight is 536 g/mol. The fourth-order valence-corrected chi connectivity index (χ4v) is 3.93. The van der Waals surface area contributed by atoms with Gasteiger partial charge in [0.25, 0.3) is 5.91 Å². The van der Waals surface area contributed by atoms with E-state index in [2.05, 4.69) is 26.3 Å². The van der Waals surface area contributed by atoms with Gasteiger partial charge >= 0.3 is 5.97 Å². The zero-order valence-electron chi connectivity index (χ0n) is 19.2. The Labute approximate surface area is 210 Å². The van der Waals surface area contributed by atoms with E-state index in [4.69, 9.17) is 9.47 Å². The molecule has 2 amide bonds. The van der Waals surface area contributed by atoms with E-state index >= 15 is 0 Å². The van der Waals surface area contributed by atoms with Crippen LogP contribution < -0.4 is 10.1 Å². The molecule has 1 aliphatic heterocycles. The Bertz CT molecular complexity index is 1350. The summed E-state index contributed by atoms with van der Waals surface area (Å²) in [5.41, 5.74) is 3.07. The number of carbonyl (C=O) groups excluding carboxylic acids is 3. The van der Waals surface area contributed by atoms with E-state index in [0.29, 0.717) is 26.9 Å². The molecule has 9 heteroatoms. The van der Waals surface area contributed by atoms with Crippen LogP contribution in [0.2, 0.25) is 0 Å². The third-order valence-corrected chi connectivity index (χ3v) is 5.60. The van der Waals surface area contributed by atoms with E-state index in [0.717, 1.165) is 5.56 Å². The van der Waals surface area contributed by atoms with Crippen LogP contribution in [-0.4, -0.2) is 28.7 Å². The molecule has 0 bridgehead atoms. The Morgan fingerprint density at radius 2 is 1.80 bits per heavy atom. The third-order valence-electron chi connectivity index (χ3n) is 5.10. The summed E-state index contributed by atoms with van der Waals surface area (Å²) in [5, 5.41) is 8.43. The number of halogens is 1. The number of amides is 2. The van der Waals surface area contributed by atoms with Gasteiger partial charge in [0.15, 0.2) is 0 Å². The number of nitrogens with zero attached hydrogens (tertiary/aromatic N) is 2. The summed E-state index contributed by atoms with van der Waals surface area (Å²) < 4.78 is 12.1. The number of hydrogen-bond acceptors (Lipinski definition) is 6. The monoisotopic (exact) mass is 535 g/mol. The van der Waals surface area contributed by atoms with Gasteiger partial charge in [0.05, 0.1) is 5.56 Å². The fourth-order valence-electron chi connectivity index (χ4n) is 3.56. The second-order valence-corrected chi connectivity index (χ2v) is 8.84. The highest BCUT2D eigenvalue weighted by Crippen LogP contribution is 2.34. The van der Waals surface area contributed by atoms with Crippen molar-refractivity contribution in [3.8, 4) is 5.75 Å². The van der Waals surface area contributed by atoms with Crippen LogP contribution in [-0.2, 0) is 14.3 Å². The molecule has 0 aliphatic carbocycles. The van der Waals surface area contributed by atoms with E-state index < -0.39 is 12.2 Å². The van der Waals surface area contributed by atoms with Crippen LogP contribution in [0.15, 0.2) is 76.3 Å². The zero-order chi connectivity index (χ0) is 25.1. The lowest BCUT2D eigenvalue weighted by Gasteiger charge is -2.20. The second kappa shape index (κ2) is 10.1. The Hall–Kier alpha value is -3.98. The van der Waals surface area contributed by atoms with Gasteiger partial charge in [-0.1, -0.05) is 45.8 Å². The maximum absolute atomic E-state index is 12.7. The van der Waals surface area contributed by atoms with Gasteiger partial charge in [-0.3, -0.25) is 14.4 Å². The molecule has 3 aromatic carbocycles. The van der Waals surface area contributed by atoms with Crippen molar-refractivity contribution < 1.29 is 23.9 Å². The van der Waals surface area contributed by atoms with Crippen LogP contribution in [0.4, 0.5) is 5.69 Å². The number of benzene rings is 3. The topological polar surface area (TPSA) is 97.3 Å². The van der Waals surface area contributed by atoms with E-state index in [1.54, 1.807) is 54.6 Å². The molecular weight excluding hydrogens is 514 g/mol. The molecule has 1 heterocycles. The number of nitrogens with one attached hydrogen (secondary N) is 1. The van der Waals surface area contributed by atoms with Gasteiger partial charge in [0.2, 0.25) is 18.0 Å². The van der Waals surface area contributed by atoms with Gasteiger partial charge in [-0.15, -0.1) is 5.10 Å². The lowest BCUT2D eigenvalue weighted by atomic mass is 10.1. The highest BCUT2D eigenvalue weighted by molar-refractivity contribution is 9.10. The Morgan fingerprint density at radius 3 is 2.51 bits per heavy atom. The van der Waals surface area contributed by atoms with Crippen molar-refractivity contribution >= 4 is 45.3 Å². The molecule has 3 aromatic rings. The van der Waals surface area contributed by atoms with Crippen molar-refractivity contribution in [3.05, 3.63) is 93.5 Å². The highest BCUT2D eigenvalue weighted by atomic mass is 79.9. The summed E-state index contributed by atoms with van der Waals surface area (Å²) in [6.45, 7) is 4.59. The average Bonchev–Trinajstić information content (AvgIpc) is 3.26. The molecule has 1 atom stereocenters. The predicted octanol–water partition coefficient (Wildman–Crippen LogP) is 5.17. The molecule has 35 heavy (non-hydrogen) atoms. The molecule has 0 fully saturated rings. The highest BCUT2D eigenvalue weighted by Gasteiger charge is 2.34. The number of ether oxygens (including phenoxy) is 2. The molecule has 0 aromatic heterocycles. The van der Waals surface area contributed by atoms with Crippen LogP contribution in [0.5, 0.6) is 5.75 Å². The van der Waals surface area contributed by atoms with Crippen molar-refractivity contribution in [1.29, 1.82) is 0 Å². The molecule has 0 saturated carbocycles. The Kier molecular flexibility index (Phi) is 6.97. The Morgan fingerprint density at radius 1 is 1.03 bits per heavy atom. The number of hydrazone groups is 1. The van der Waals surface area contributed by atoms with Crippen molar-refractivity contribution in [2.45, 2.75) is 27.0 Å². The van der Waals surface area contributed by atoms with Crippen molar-refractivity contribution in [2.75, 3.05) is 5.32 Å². The molecule has 0 unspecified atom stereocenters. The molecule has 4 rings (SSSR count). The summed E-state index contributed by atoms with van der Waals surface area (Å²) in [6.07, 6.45) is -0.873. The van der Waals surface area contributed by atoms with Crippen LogP contribution in [0.25, 0.3) is 0 Å². The number of esters is 1. The molecule has 1 aliphatic rings. The minimum atomic E-state index is -0.873. The van der Waals surface area contributed by atoms with E-state index in [-0.39, 0.29) is 23.5 Å². The quantitative estimate of drug-likeness (QED) is 0.358. The second-order valence-electron chi connectivity index (χ2n) is 7.92. The van der Waals surface area contributed by atoms with Crippen molar-refractivity contribution in [1.82, 2.24) is 5.01 Å². The smallest absolute Gasteiger partial charge is 0.308 e. The van der Waals surface area contributed by atoms with E-state index in [1.807, 2.05) is 19.1 Å². The van der Waals surface area contributed by atoms with Crippen molar-refractivity contribution in [3.63, 3.8) is 0 Å². The first kappa shape index (κ1) is 24.2. The van der Waals surface area contributed by atoms with Crippen LogP contribution in [0.1, 0.15) is 47.1 Å². The van der Waals surface area contributed by atoms with Gasteiger partial charge < -0.3 is 14.8 Å². The van der Waals surface area contributed by atoms with E-state index in [1.165, 1.54) is 18.9 Å². The summed E-state index contributed by atoms with van der Waals surface area (Å²) in [5.74, 6) is -0.717. The number of carbonyl (C=O) groups is 3. The lowest BCUT2D eigenvalue weighted by molar-refractivity contribution is -0.135. The van der Waals surface area contributed by atoms with Crippen molar-refractivity contribution in [2.24, 2.45) is 5.10 Å². The minimum Gasteiger partial charge on any atom is -0.446 e. The number of anilines is 1. The van der Waals surface area contributed by atoms with Gasteiger partial charge in [-0.05, 0) is 49.4 Å². The molecule has 8 nitrogen and oxygen atoms in total. The largest absolute Gasteiger partial charge is 0.446 e. The van der Waals surface area contributed by atoms with E-state index in [9.17, 15) is 14.4 Å². The molecule has 0 saturated heterocycles. The number of rotatable bonds is 5. The first-order valence-corrected chi connectivity index (χ1v) is 11.5. The maximum atomic E-state index is 12.7. The molecule has 1 N–H and O–H groups in total. The number of hydrogen-bond donors (Lipinski definition) is 1. The molecule has 178 valence electrons. The zero-order valence-corrected chi connectivity index (χ0v) is 20.8.